The van der Waals surface area contributed by atoms with Crippen LogP contribution in [0.4, 0.5) is 0 Å². The first-order chi connectivity index (χ1) is 10.1. The van der Waals surface area contributed by atoms with Crippen LogP contribution in [0, 0.1) is 0 Å². The zero-order valence-electron chi connectivity index (χ0n) is 12.9. The van der Waals surface area contributed by atoms with E-state index in [0.717, 1.165) is 29.9 Å². The Morgan fingerprint density at radius 1 is 1.52 bits per heavy atom. The van der Waals surface area contributed by atoms with Gasteiger partial charge in [0, 0.05) is 25.2 Å². The highest BCUT2D eigenvalue weighted by molar-refractivity contribution is 9.10. The Morgan fingerprint density at radius 2 is 2.29 bits per heavy atom. The Labute approximate surface area is 135 Å². The molecule has 21 heavy (non-hydrogen) atoms. The van der Waals surface area contributed by atoms with Crippen LogP contribution in [0.5, 0.6) is 5.75 Å². The molecular weight excluding hydrogens is 332 g/mol. The number of amides is 1. The molecule has 1 fully saturated rings. The van der Waals surface area contributed by atoms with E-state index in [9.17, 15) is 4.79 Å². The van der Waals surface area contributed by atoms with E-state index in [2.05, 4.69) is 27.8 Å². The zero-order valence-corrected chi connectivity index (χ0v) is 14.5. The highest BCUT2D eigenvalue weighted by Gasteiger charge is 2.26. The van der Waals surface area contributed by atoms with Crippen molar-refractivity contribution in [3.05, 3.63) is 28.2 Å². The fourth-order valence-electron chi connectivity index (χ4n) is 2.94. The molecule has 5 heteroatoms. The Bertz CT molecular complexity index is 507. The lowest BCUT2D eigenvalue weighted by molar-refractivity contribution is 0.0754. The molecule has 2 rings (SSSR count). The third-order valence-electron chi connectivity index (χ3n) is 4.14. The highest BCUT2D eigenvalue weighted by atomic mass is 79.9. The molecular formula is C16H23BrN2O2. The van der Waals surface area contributed by atoms with Gasteiger partial charge in [-0.3, -0.25) is 9.69 Å². The molecule has 116 valence electrons. The number of likely N-dealkylation sites (N-methyl/N-ethyl adjacent to an activating group) is 2. The van der Waals surface area contributed by atoms with Gasteiger partial charge in [0.05, 0.1) is 11.6 Å². The van der Waals surface area contributed by atoms with Crippen LogP contribution in [0.1, 0.15) is 30.1 Å². The third-order valence-corrected chi connectivity index (χ3v) is 4.76. The summed E-state index contributed by atoms with van der Waals surface area (Å²) >= 11 is 3.43. The molecule has 0 spiro atoms. The fraction of sp³-hybridized carbons (Fsp3) is 0.562. The van der Waals surface area contributed by atoms with E-state index in [-0.39, 0.29) is 5.91 Å². The van der Waals surface area contributed by atoms with Gasteiger partial charge in [0.2, 0.25) is 0 Å². The number of rotatable bonds is 5. The van der Waals surface area contributed by atoms with Gasteiger partial charge >= 0.3 is 0 Å². The number of ether oxygens (including phenoxy) is 1. The highest BCUT2D eigenvalue weighted by Crippen LogP contribution is 2.26. The van der Waals surface area contributed by atoms with Crippen molar-refractivity contribution in [2.24, 2.45) is 0 Å². The minimum absolute atomic E-state index is 0.0568. The molecule has 0 aromatic heterocycles. The Morgan fingerprint density at radius 3 is 2.90 bits per heavy atom. The third kappa shape index (κ3) is 3.77. The maximum Gasteiger partial charge on any atom is 0.253 e. The molecule has 0 N–H and O–H groups in total. The number of carbonyl (C=O) groups excluding carboxylic acids is 1. The monoisotopic (exact) mass is 354 g/mol. The SMILES string of the molecule is CCN1CCCC1CN(C)C(=O)c1ccc(OC)c(Br)c1. The number of hydrogen-bond donors (Lipinski definition) is 0. The number of nitrogens with zero attached hydrogens (tertiary/aromatic N) is 2. The number of carbonyl (C=O) groups is 1. The molecule has 1 amide bonds. The molecule has 1 aliphatic rings. The summed E-state index contributed by atoms with van der Waals surface area (Å²) in [5.41, 5.74) is 0.686. The van der Waals surface area contributed by atoms with Gasteiger partial charge in [0.25, 0.3) is 5.91 Å². The summed E-state index contributed by atoms with van der Waals surface area (Å²) in [5, 5.41) is 0. The molecule has 0 aliphatic carbocycles. The summed E-state index contributed by atoms with van der Waals surface area (Å²) in [5.74, 6) is 0.795. The summed E-state index contributed by atoms with van der Waals surface area (Å²) in [4.78, 5) is 16.8. The van der Waals surface area contributed by atoms with Gasteiger partial charge in [-0.15, -0.1) is 0 Å². The second-order valence-electron chi connectivity index (χ2n) is 5.46. The first-order valence-corrected chi connectivity index (χ1v) is 8.19. The van der Waals surface area contributed by atoms with Crippen LogP contribution in [0.2, 0.25) is 0 Å². The molecule has 4 nitrogen and oxygen atoms in total. The van der Waals surface area contributed by atoms with Crippen LogP contribution >= 0.6 is 15.9 Å². The molecule has 1 heterocycles. The lowest BCUT2D eigenvalue weighted by atomic mass is 10.1. The Hall–Kier alpha value is -1.07. The van der Waals surface area contributed by atoms with Crippen LogP contribution in [-0.4, -0.2) is 55.5 Å². The zero-order chi connectivity index (χ0) is 15.4. The number of benzene rings is 1. The Kier molecular flexibility index (Phi) is 5.65. The first kappa shape index (κ1) is 16.3. The van der Waals surface area contributed by atoms with Crippen molar-refractivity contribution in [3.8, 4) is 5.75 Å². The van der Waals surface area contributed by atoms with E-state index in [4.69, 9.17) is 4.74 Å². The molecule has 0 radical (unpaired) electrons. The van der Waals surface area contributed by atoms with Crippen LogP contribution < -0.4 is 4.74 Å². The second-order valence-corrected chi connectivity index (χ2v) is 6.31. The van der Waals surface area contributed by atoms with E-state index in [1.54, 1.807) is 7.11 Å². The van der Waals surface area contributed by atoms with Gasteiger partial charge < -0.3 is 9.64 Å². The van der Waals surface area contributed by atoms with Crippen molar-refractivity contribution < 1.29 is 9.53 Å². The quantitative estimate of drug-likeness (QED) is 0.814. The largest absolute Gasteiger partial charge is 0.496 e. The van der Waals surface area contributed by atoms with E-state index in [1.807, 2.05) is 30.1 Å². The summed E-state index contributed by atoms with van der Waals surface area (Å²) in [7, 11) is 3.50. The van der Waals surface area contributed by atoms with Crippen molar-refractivity contribution >= 4 is 21.8 Å². The van der Waals surface area contributed by atoms with Crippen molar-refractivity contribution in [3.63, 3.8) is 0 Å². The van der Waals surface area contributed by atoms with Crippen molar-refractivity contribution in [1.29, 1.82) is 0 Å². The van der Waals surface area contributed by atoms with Crippen LogP contribution in [-0.2, 0) is 0 Å². The van der Waals surface area contributed by atoms with Gasteiger partial charge in [-0.1, -0.05) is 6.92 Å². The van der Waals surface area contributed by atoms with Crippen molar-refractivity contribution in [2.75, 3.05) is 33.8 Å². The molecule has 1 aliphatic heterocycles. The molecule has 0 saturated carbocycles. The number of methoxy groups -OCH3 is 1. The summed E-state index contributed by atoms with van der Waals surface area (Å²) < 4.78 is 6.00. The number of hydrogen-bond acceptors (Lipinski definition) is 3. The lowest BCUT2D eigenvalue weighted by Gasteiger charge is -2.27. The number of halogens is 1. The lowest BCUT2D eigenvalue weighted by Crippen LogP contribution is -2.41. The second kappa shape index (κ2) is 7.27. The summed E-state index contributed by atoms with van der Waals surface area (Å²) in [6.07, 6.45) is 2.41. The van der Waals surface area contributed by atoms with Gasteiger partial charge in [-0.05, 0) is 60.1 Å². The maximum absolute atomic E-state index is 12.5. The smallest absolute Gasteiger partial charge is 0.253 e. The molecule has 1 aromatic carbocycles. The number of likely N-dealkylation sites (tertiary alicyclic amines) is 1. The van der Waals surface area contributed by atoms with E-state index < -0.39 is 0 Å². The van der Waals surface area contributed by atoms with E-state index >= 15 is 0 Å². The molecule has 1 saturated heterocycles. The predicted octanol–water partition coefficient (Wildman–Crippen LogP) is 3.01. The minimum atomic E-state index is 0.0568. The maximum atomic E-state index is 12.5. The minimum Gasteiger partial charge on any atom is -0.496 e. The molecule has 0 bridgehead atoms. The average molecular weight is 355 g/mol. The Balaban J connectivity index is 2.03. The van der Waals surface area contributed by atoms with E-state index in [1.165, 1.54) is 12.8 Å². The van der Waals surface area contributed by atoms with Crippen molar-refractivity contribution in [2.45, 2.75) is 25.8 Å². The topological polar surface area (TPSA) is 32.8 Å². The van der Waals surface area contributed by atoms with Crippen LogP contribution in [0.3, 0.4) is 0 Å². The van der Waals surface area contributed by atoms with Gasteiger partial charge in [-0.25, -0.2) is 0 Å². The normalized spacial score (nSPS) is 18.8. The molecule has 1 aromatic rings. The van der Waals surface area contributed by atoms with Crippen LogP contribution in [0.25, 0.3) is 0 Å². The molecule has 1 unspecified atom stereocenters. The predicted molar refractivity (Wildman–Crippen MR) is 87.9 cm³/mol. The first-order valence-electron chi connectivity index (χ1n) is 7.39. The van der Waals surface area contributed by atoms with Crippen LogP contribution in [0.15, 0.2) is 22.7 Å². The van der Waals surface area contributed by atoms with E-state index in [0.29, 0.717) is 11.6 Å². The van der Waals surface area contributed by atoms with Crippen molar-refractivity contribution in [1.82, 2.24) is 9.80 Å². The molecule has 1 atom stereocenters. The van der Waals surface area contributed by atoms with Gasteiger partial charge in [0.1, 0.15) is 5.75 Å². The summed E-state index contributed by atoms with van der Waals surface area (Å²) in [6, 6.07) is 5.95. The van der Waals surface area contributed by atoms with Gasteiger partial charge in [-0.2, -0.15) is 0 Å². The van der Waals surface area contributed by atoms with Gasteiger partial charge in [0.15, 0.2) is 0 Å². The standard InChI is InChI=1S/C16H23BrN2O2/c1-4-19-9-5-6-13(19)11-18(2)16(20)12-7-8-15(21-3)14(17)10-12/h7-8,10,13H,4-6,9,11H2,1-3H3. The fourth-order valence-corrected chi connectivity index (χ4v) is 3.48. The summed E-state index contributed by atoms with van der Waals surface area (Å²) in [6.45, 7) is 5.18. The average Bonchev–Trinajstić information content (AvgIpc) is 2.93.